The van der Waals surface area contributed by atoms with E-state index in [2.05, 4.69) is 42.1 Å². The number of rotatable bonds is 7. The summed E-state index contributed by atoms with van der Waals surface area (Å²) in [7, 11) is 0. The molecule has 0 saturated heterocycles. The highest BCUT2D eigenvalue weighted by Crippen LogP contribution is 2.20. The summed E-state index contributed by atoms with van der Waals surface area (Å²) in [6.07, 6.45) is 3.28. The molecule has 2 heterocycles. The molecule has 0 fully saturated rings. The number of hydrogen-bond donors (Lipinski definition) is 2. The van der Waals surface area contributed by atoms with Gasteiger partial charge in [0.1, 0.15) is 5.82 Å². The van der Waals surface area contributed by atoms with Crippen LogP contribution in [0.1, 0.15) is 46.6 Å². The summed E-state index contributed by atoms with van der Waals surface area (Å²) in [6, 6.07) is 2.24. The Hall–Kier alpha value is -0.840. The summed E-state index contributed by atoms with van der Waals surface area (Å²) >= 11 is 8.00. The molecule has 0 bridgehead atoms. The predicted molar refractivity (Wildman–Crippen MR) is 86.5 cm³/mol. The highest BCUT2D eigenvalue weighted by Gasteiger charge is 2.08. The first kappa shape index (κ1) is 15.5. The van der Waals surface area contributed by atoms with Crippen molar-refractivity contribution < 1.29 is 0 Å². The number of unbranched alkanes of at least 4 members (excludes halogenated alkanes) is 1. The van der Waals surface area contributed by atoms with Crippen molar-refractivity contribution in [3.63, 3.8) is 0 Å². The Balaban J connectivity index is 1.85. The summed E-state index contributed by atoms with van der Waals surface area (Å²) in [6.45, 7) is 8.10. The standard InChI is InChI=1S/C15H22ClN3S/c1-4-5-6-14-18-13(15(16)19-14)9-17-8-12-7-10(2)11(3)20-12/h7,17H,4-6,8-9H2,1-3H3,(H,18,19). The van der Waals surface area contributed by atoms with Gasteiger partial charge in [-0.2, -0.15) is 0 Å². The second kappa shape index (κ2) is 7.25. The van der Waals surface area contributed by atoms with Crippen molar-refractivity contribution in [2.45, 2.75) is 53.1 Å². The Kier molecular flexibility index (Phi) is 5.64. The molecule has 0 spiro atoms. The normalized spacial score (nSPS) is 11.2. The first-order valence-electron chi connectivity index (χ1n) is 7.10. The summed E-state index contributed by atoms with van der Waals surface area (Å²) in [5.41, 5.74) is 2.36. The fraction of sp³-hybridized carbons (Fsp3) is 0.533. The van der Waals surface area contributed by atoms with E-state index >= 15 is 0 Å². The smallest absolute Gasteiger partial charge is 0.151 e. The van der Waals surface area contributed by atoms with Crippen molar-refractivity contribution in [1.82, 2.24) is 15.3 Å². The maximum Gasteiger partial charge on any atom is 0.151 e. The molecule has 0 unspecified atom stereocenters. The SMILES string of the molecule is CCCCc1nc(Cl)c(CNCc2cc(C)c(C)s2)[nH]1. The van der Waals surface area contributed by atoms with Crippen molar-refractivity contribution in [1.29, 1.82) is 0 Å². The maximum absolute atomic E-state index is 6.16. The average molecular weight is 312 g/mol. The van der Waals surface area contributed by atoms with Crippen molar-refractivity contribution in [3.8, 4) is 0 Å². The van der Waals surface area contributed by atoms with Gasteiger partial charge >= 0.3 is 0 Å². The Labute approximate surface area is 129 Å². The van der Waals surface area contributed by atoms with E-state index in [0.717, 1.165) is 37.4 Å². The maximum atomic E-state index is 6.16. The first-order chi connectivity index (χ1) is 9.60. The molecule has 2 N–H and O–H groups in total. The van der Waals surface area contributed by atoms with Crippen LogP contribution >= 0.6 is 22.9 Å². The zero-order valence-electron chi connectivity index (χ0n) is 12.3. The van der Waals surface area contributed by atoms with E-state index in [-0.39, 0.29) is 0 Å². The van der Waals surface area contributed by atoms with Crippen LogP contribution in [0.15, 0.2) is 6.07 Å². The molecule has 0 aliphatic heterocycles. The molecule has 0 aromatic carbocycles. The summed E-state index contributed by atoms with van der Waals surface area (Å²) in [4.78, 5) is 10.4. The highest BCUT2D eigenvalue weighted by atomic mass is 35.5. The molecule has 3 nitrogen and oxygen atoms in total. The lowest BCUT2D eigenvalue weighted by molar-refractivity contribution is 0.685. The van der Waals surface area contributed by atoms with E-state index in [0.29, 0.717) is 5.15 Å². The van der Waals surface area contributed by atoms with Gasteiger partial charge in [0.15, 0.2) is 5.15 Å². The average Bonchev–Trinajstić information content (AvgIpc) is 2.91. The van der Waals surface area contributed by atoms with E-state index in [9.17, 15) is 0 Å². The fourth-order valence-corrected chi connectivity index (χ4v) is 3.31. The Morgan fingerprint density at radius 3 is 2.80 bits per heavy atom. The van der Waals surface area contributed by atoms with Crippen LogP contribution in [0.5, 0.6) is 0 Å². The molecule has 2 aromatic rings. The summed E-state index contributed by atoms with van der Waals surface area (Å²) in [5, 5.41) is 4.02. The molecule has 20 heavy (non-hydrogen) atoms. The molecule has 2 rings (SSSR count). The third-order valence-corrected chi connectivity index (χ3v) is 4.83. The van der Waals surface area contributed by atoms with Gasteiger partial charge in [0, 0.05) is 29.3 Å². The number of aromatic amines is 1. The van der Waals surface area contributed by atoms with Gasteiger partial charge < -0.3 is 10.3 Å². The molecule has 110 valence electrons. The van der Waals surface area contributed by atoms with E-state index in [1.165, 1.54) is 21.7 Å². The number of thiophene rings is 1. The van der Waals surface area contributed by atoms with Crippen LogP contribution in [0.25, 0.3) is 0 Å². The lowest BCUT2D eigenvalue weighted by Crippen LogP contribution is -2.12. The summed E-state index contributed by atoms with van der Waals surface area (Å²) in [5.74, 6) is 0.997. The Bertz CT molecular complexity index is 540. The quantitative estimate of drug-likeness (QED) is 0.797. The number of H-pyrrole nitrogens is 1. The van der Waals surface area contributed by atoms with Gasteiger partial charge in [-0.1, -0.05) is 24.9 Å². The third kappa shape index (κ3) is 4.08. The van der Waals surface area contributed by atoms with Crippen LogP contribution in [0.2, 0.25) is 5.15 Å². The first-order valence-corrected chi connectivity index (χ1v) is 8.29. The fourth-order valence-electron chi connectivity index (χ4n) is 2.07. The Morgan fingerprint density at radius 2 is 2.15 bits per heavy atom. The van der Waals surface area contributed by atoms with Crippen molar-refractivity contribution in [3.05, 3.63) is 38.1 Å². The zero-order chi connectivity index (χ0) is 14.5. The monoisotopic (exact) mass is 311 g/mol. The van der Waals surface area contributed by atoms with Gasteiger partial charge in [0.25, 0.3) is 0 Å². The van der Waals surface area contributed by atoms with E-state index in [1.54, 1.807) is 0 Å². The van der Waals surface area contributed by atoms with Gasteiger partial charge in [-0.05, 0) is 31.9 Å². The lowest BCUT2D eigenvalue weighted by atomic mass is 10.2. The minimum atomic E-state index is 0.599. The lowest BCUT2D eigenvalue weighted by Gasteiger charge is -2.01. The minimum absolute atomic E-state index is 0.599. The van der Waals surface area contributed by atoms with E-state index < -0.39 is 0 Å². The minimum Gasteiger partial charge on any atom is -0.344 e. The number of hydrogen-bond acceptors (Lipinski definition) is 3. The van der Waals surface area contributed by atoms with Crippen LogP contribution in [-0.4, -0.2) is 9.97 Å². The number of nitrogens with one attached hydrogen (secondary N) is 2. The molecule has 5 heteroatoms. The number of nitrogens with zero attached hydrogens (tertiary/aromatic N) is 1. The number of imidazole rings is 1. The van der Waals surface area contributed by atoms with Crippen LogP contribution < -0.4 is 5.32 Å². The molecule has 0 aliphatic carbocycles. The van der Waals surface area contributed by atoms with Gasteiger partial charge in [-0.25, -0.2) is 4.98 Å². The van der Waals surface area contributed by atoms with Crippen LogP contribution in [-0.2, 0) is 19.5 Å². The van der Waals surface area contributed by atoms with Crippen LogP contribution in [0.3, 0.4) is 0 Å². The second-order valence-corrected chi connectivity index (χ2v) is 6.81. The number of aromatic nitrogens is 2. The van der Waals surface area contributed by atoms with Crippen molar-refractivity contribution in [2.24, 2.45) is 0 Å². The number of aryl methyl sites for hydroxylation is 3. The van der Waals surface area contributed by atoms with Crippen molar-refractivity contribution in [2.75, 3.05) is 0 Å². The van der Waals surface area contributed by atoms with Gasteiger partial charge in [0.05, 0.1) is 5.69 Å². The second-order valence-electron chi connectivity index (χ2n) is 5.11. The molecule has 0 amide bonds. The molecular formula is C15H22ClN3S. The summed E-state index contributed by atoms with van der Waals surface area (Å²) < 4.78 is 0. The topological polar surface area (TPSA) is 40.7 Å². The molecule has 0 saturated carbocycles. The molecule has 0 radical (unpaired) electrons. The predicted octanol–water partition coefficient (Wildman–Crippen LogP) is 4.37. The number of halogens is 1. The van der Waals surface area contributed by atoms with Gasteiger partial charge in [-0.15, -0.1) is 11.3 Å². The van der Waals surface area contributed by atoms with Crippen LogP contribution in [0.4, 0.5) is 0 Å². The van der Waals surface area contributed by atoms with Crippen molar-refractivity contribution >= 4 is 22.9 Å². The van der Waals surface area contributed by atoms with Crippen LogP contribution in [0, 0.1) is 13.8 Å². The molecule has 0 atom stereocenters. The van der Waals surface area contributed by atoms with Gasteiger partial charge in [-0.3, -0.25) is 0 Å². The van der Waals surface area contributed by atoms with Gasteiger partial charge in [0.2, 0.25) is 0 Å². The largest absolute Gasteiger partial charge is 0.344 e. The third-order valence-electron chi connectivity index (χ3n) is 3.36. The molecule has 0 aliphatic rings. The zero-order valence-corrected chi connectivity index (χ0v) is 13.9. The van der Waals surface area contributed by atoms with E-state index in [4.69, 9.17) is 11.6 Å². The molecular weight excluding hydrogens is 290 g/mol. The van der Waals surface area contributed by atoms with E-state index in [1.807, 2.05) is 11.3 Å². The highest BCUT2D eigenvalue weighted by molar-refractivity contribution is 7.12. The molecule has 2 aromatic heterocycles. The Morgan fingerprint density at radius 1 is 1.35 bits per heavy atom.